The lowest BCUT2D eigenvalue weighted by atomic mass is 9.84. The van der Waals surface area contributed by atoms with Gasteiger partial charge in [-0.1, -0.05) is 18.2 Å². The average molecular weight is 326 g/mol. The highest BCUT2D eigenvalue weighted by Gasteiger charge is 2.54. The van der Waals surface area contributed by atoms with E-state index >= 15 is 0 Å². The van der Waals surface area contributed by atoms with Gasteiger partial charge >= 0.3 is 6.18 Å². The van der Waals surface area contributed by atoms with Crippen molar-refractivity contribution in [2.45, 2.75) is 30.1 Å². The summed E-state index contributed by atoms with van der Waals surface area (Å²) in [7, 11) is 0. The van der Waals surface area contributed by atoms with Crippen LogP contribution in [0.3, 0.4) is 0 Å². The first-order valence-electron chi connectivity index (χ1n) is 5.95. The fraction of sp³-hybridized carbons (Fsp3) is 0.385. The van der Waals surface area contributed by atoms with Gasteiger partial charge in [-0.3, -0.25) is 4.09 Å². The van der Waals surface area contributed by atoms with E-state index in [4.69, 9.17) is 23.4 Å². The van der Waals surface area contributed by atoms with E-state index in [1.54, 1.807) is 24.3 Å². The third kappa shape index (κ3) is 1.91. The molecular formula is C13H9Cl2F4N. The van der Waals surface area contributed by atoms with Gasteiger partial charge in [0.2, 0.25) is 0 Å². The zero-order valence-electron chi connectivity index (χ0n) is 9.96. The third-order valence-corrected chi connectivity index (χ3v) is 4.43. The first-order valence-corrected chi connectivity index (χ1v) is 6.73. The minimum absolute atomic E-state index is 0.0326. The smallest absolute Gasteiger partial charge is 0.256 e. The number of hydrogen-bond donors (Lipinski definition) is 0. The van der Waals surface area contributed by atoms with E-state index in [-0.39, 0.29) is 12.1 Å². The lowest BCUT2D eigenvalue weighted by Crippen LogP contribution is -2.40. The first-order chi connectivity index (χ1) is 9.32. The van der Waals surface area contributed by atoms with Gasteiger partial charge < -0.3 is 0 Å². The van der Waals surface area contributed by atoms with Crippen molar-refractivity contribution in [1.82, 2.24) is 4.09 Å². The summed E-state index contributed by atoms with van der Waals surface area (Å²) in [5.74, 6) is -2.29. The van der Waals surface area contributed by atoms with Crippen LogP contribution in [0.25, 0.3) is 10.9 Å². The molecule has 1 nitrogen and oxygen atoms in total. The number of para-hydroxylation sites is 1. The minimum Gasteiger partial charge on any atom is -0.256 e. The Kier molecular flexibility index (Phi) is 3.18. The van der Waals surface area contributed by atoms with E-state index in [9.17, 15) is 17.6 Å². The van der Waals surface area contributed by atoms with Crippen molar-refractivity contribution in [3.63, 3.8) is 0 Å². The van der Waals surface area contributed by atoms with Crippen molar-refractivity contribution in [2.75, 3.05) is 0 Å². The Morgan fingerprint density at radius 1 is 1.20 bits per heavy atom. The van der Waals surface area contributed by atoms with Gasteiger partial charge in [0.05, 0.1) is 16.6 Å². The number of hydrogen-bond acceptors (Lipinski definition) is 0. The molecular weight excluding hydrogens is 317 g/mol. The maximum absolute atomic E-state index is 14.0. The van der Waals surface area contributed by atoms with Crippen LogP contribution in [0.5, 0.6) is 0 Å². The van der Waals surface area contributed by atoms with E-state index in [1.165, 1.54) is 0 Å². The van der Waals surface area contributed by atoms with Crippen LogP contribution >= 0.6 is 23.4 Å². The monoisotopic (exact) mass is 325 g/mol. The summed E-state index contributed by atoms with van der Waals surface area (Å²) in [5, 5.41) is -0.624. The molecule has 3 atom stereocenters. The molecule has 0 N–H and O–H groups in total. The first kappa shape index (κ1) is 14.0. The maximum Gasteiger partial charge on any atom is 0.400 e. The highest BCUT2D eigenvalue weighted by Crippen LogP contribution is 2.49. The maximum atomic E-state index is 14.0. The van der Waals surface area contributed by atoms with Crippen LogP contribution < -0.4 is 0 Å². The zero-order valence-corrected chi connectivity index (χ0v) is 11.5. The fourth-order valence-electron chi connectivity index (χ4n) is 2.81. The molecule has 0 aliphatic heterocycles. The molecule has 0 fully saturated rings. The van der Waals surface area contributed by atoms with Crippen molar-refractivity contribution in [2.24, 2.45) is 0 Å². The normalized spacial score (nSPS) is 26.8. The van der Waals surface area contributed by atoms with Gasteiger partial charge in [0.15, 0.2) is 0 Å². The van der Waals surface area contributed by atoms with Crippen LogP contribution in [0.1, 0.15) is 17.2 Å². The van der Waals surface area contributed by atoms with E-state index in [0.717, 1.165) is 4.09 Å². The molecule has 3 unspecified atom stereocenters. The molecule has 0 bridgehead atoms. The molecule has 1 heterocycles. The van der Waals surface area contributed by atoms with Crippen molar-refractivity contribution < 1.29 is 17.6 Å². The molecule has 7 heteroatoms. The van der Waals surface area contributed by atoms with Gasteiger partial charge in [0, 0.05) is 17.2 Å². The second-order valence-electron chi connectivity index (χ2n) is 4.85. The van der Waals surface area contributed by atoms with E-state index in [1.807, 2.05) is 0 Å². The van der Waals surface area contributed by atoms with Crippen LogP contribution in [-0.4, -0.2) is 21.8 Å². The Balaban J connectivity index is 2.33. The summed E-state index contributed by atoms with van der Waals surface area (Å²) in [5.41, 5.74) is 0.586. The van der Waals surface area contributed by atoms with Crippen LogP contribution in [0.4, 0.5) is 17.6 Å². The predicted octanol–water partition coefficient (Wildman–Crippen LogP) is 4.79. The molecule has 20 heavy (non-hydrogen) atoms. The van der Waals surface area contributed by atoms with Crippen molar-refractivity contribution in [3.8, 4) is 0 Å². The summed E-state index contributed by atoms with van der Waals surface area (Å²) in [6.07, 6.45) is -6.90. The molecule has 0 saturated carbocycles. The number of halogens is 6. The minimum atomic E-state index is -4.73. The molecule has 0 amide bonds. The molecule has 0 radical (unpaired) electrons. The third-order valence-electron chi connectivity index (χ3n) is 3.67. The quantitative estimate of drug-likeness (QED) is 0.484. The Morgan fingerprint density at radius 3 is 2.50 bits per heavy atom. The average Bonchev–Trinajstić information content (AvgIpc) is 2.64. The topological polar surface area (TPSA) is 4.93 Å². The molecule has 0 spiro atoms. The number of alkyl halides is 5. The Bertz CT molecular complexity index is 664. The van der Waals surface area contributed by atoms with Crippen LogP contribution in [-0.2, 0) is 6.42 Å². The van der Waals surface area contributed by atoms with Crippen molar-refractivity contribution in [1.29, 1.82) is 0 Å². The summed E-state index contributed by atoms with van der Waals surface area (Å²) >= 11 is 11.8. The van der Waals surface area contributed by atoms with Crippen LogP contribution in [0.2, 0.25) is 0 Å². The second kappa shape index (κ2) is 4.53. The molecule has 2 aromatic rings. The number of benzene rings is 1. The Hall–Kier alpha value is -0.940. The van der Waals surface area contributed by atoms with Gasteiger partial charge in [-0.05, 0) is 18.1 Å². The van der Waals surface area contributed by atoms with Crippen LogP contribution in [0.15, 0.2) is 24.3 Å². The summed E-state index contributed by atoms with van der Waals surface area (Å²) in [6, 6.07) is 6.64. The van der Waals surface area contributed by atoms with Gasteiger partial charge in [0.1, 0.15) is 12.1 Å². The molecule has 1 aromatic carbocycles. The summed E-state index contributed by atoms with van der Waals surface area (Å²) < 4.78 is 54.5. The van der Waals surface area contributed by atoms with E-state index in [2.05, 4.69) is 0 Å². The van der Waals surface area contributed by atoms with E-state index in [0.29, 0.717) is 16.5 Å². The lowest BCUT2D eigenvalue weighted by molar-refractivity contribution is -0.166. The van der Waals surface area contributed by atoms with Gasteiger partial charge in [-0.15, -0.1) is 11.6 Å². The van der Waals surface area contributed by atoms with Gasteiger partial charge in [-0.2, -0.15) is 13.2 Å². The SMILES string of the molecule is FC1C(Cl)Cc2c(n(Cl)c3ccccc23)C1C(F)(F)F. The predicted molar refractivity (Wildman–Crippen MR) is 70.2 cm³/mol. The molecule has 3 rings (SSSR count). The number of nitrogens with zero attached hydrogens (tertiary/aromatic N) is 1. The number of rotatable bonds is 0. The second-order valence-corrected chi connectivity index (χ2v) is 5.74. The van der Waals surface area contributed by atoms with E-state index < -0.39 is 23.6 Å². The highest BCUT2D eigenvalue weighted by molar-refractivity contribution is 6.22. The van der Waals surface area contributed by atoms with Crippen LogP contribution in [0, 0.1) is 0 Å². The molecule has 1 aromatic heterocycles. The zero-order chi connectivity index (χ0) is 14.7. The fourth-order valence-corrected chi connectivity index (χ4v) is 3.47. The number of fused-ring (bicyclic) bond motifs is 3. The van der Waals surface area contributed by atoms with Gasteiger partial charge in [-0.25, -0.2) is 4.39 Å². The molecule has 1 aliphatic rings. The summed E-state index contributed by atoms with van der Waals surface area (Å²) in [6.45, 7) is 0. The largest absolute Gasteiger partial charge is 0.400 e. The Labute approximate surface area is 122 Å². The molecule has 108 valence electrons. The summed E-state index contributed by atoms with van der Waals surface area (Å²) in [4.78, 5) is 0. The lowest BCUT2D eigenvalue weighted by Gasteiger charge is -2.32. The van der Waals surface area contributed by atoms with Crippen molar-refractivity contribution >= 4 is 34.3 Å². The molecule has 0 saturated heterocycles. The highest BCUT2D eigenvalue weighted by atomic mass is 35.5. The van der Waals surface area contributed by atoms with Gasteiger partial charge in [0.25, 0.3) is 0 Å². The van der Waals surface area contributed by atoms with Crippen molar-refractivity contribution in [3.05, 3.63) is 35.5 Å². The molecule has 1 aliphatic carbocycles. The number of aromatic nitrogens is 1. The standard InChI is InChI=1S/C13H9Cl2F4N/c14-8-5-7-6-3-1-2-4-9(6)20(15)12(7)10(11(8)16)13(17,18)19/h1-4,8,10-11H,5H2. The Morgan fingerprint density at radius 2 is 1.85 bits per heavy atom.